The number of amides is 1. The topological polar surface area (TPSA) is 181 Å². The maximum atomic E-state index is 12.5. The number of benzene rings is 2. The molecule has 1 fully saturated rings. The van der Waals surface area contributed by atoms with Crippen LogP contribution in [0.5, 0.6) is 5.75 Å². The Bertz CT molecular complexity index is 1590. The van der Waals surface area contributed by atoms with E-state index in [1.54, 1.807) is 6.07 Å². The SMILES string of the molecule is O=C(CCN(CCNCCc1ccc(O)c2[nH]c(=O)sc12)C1CCOCC1)NCCc1ccc(Cl)cc1.O=C(O)C(F)(F)F.O=C(O)C(F)(F)F. The smallest absolute Gasteiger partial charge is 0.490 e. The highest BCUT2D eigenvalue weighted by molar-refractivity contribution is 7.16. The molecule has 1 saturated heterocycles. The molecule has 1 aromatic heterocycles. The molecular weight excluding hydrogens is 738 g/mol. The maximum absolute atomic E-state index is 12.5. The number of hydrogen-bond acceptors (Lipinski definition) is 9. The minimum atomic E-state index is -5.08. The average molecular weight is 775 g/mol. The third-order valence-electron chi connectivity index (χ3n) is 7.25. The summed E-state index contributed by atoms with van der Waals surface area (Å²) < 4.78 is 69.8. The van der Waals surface area contributed by atoms with Crippen LogP contribution in [0.2, 0.25) is 5.02 Å². The highest BCUT2D eigenvalue weighted by Crippen LogP contribution is 2.28. The molecule has 0 radical (unpaired) electrons. The summed E-state index contributed by atoms with van der Waals surface area (Å²) in [5.74, 6) is -5.34. The van der Waals surface area contributed by atoms with Crippen LogP contribution >= 0.6 is 22.9 Å². The van der Waals surface area contributed by atoms with Gasteiger partial charge in [-0.05, 0) is 61.6 Å². The van der Waals surface area contributed by atoms with Crippen molar-refractivity contribution in [2.45, 2.75) is 50.5 Å². The zero-order valence-corrected chi connectivity index (χ0v) is 28.5. The molecule has 51 heavy (non-hydrogen) atoms. The van der Waals surface area contributed by atoms with E-state index in [0.29, 0.717) is 29.5 Å². The lowest BCUT2D eigenvalue weighted by molar-refractivity contribution is -0.193. The van der Waals surface area contributed by atoms with Crippen molar-refractivity contribution in [2.75, 3.05) is 45.9 Å². The summed E-state index contributed by atoms with van der Waals surface area (Å²) in [7, 11) is 0. The summed E-state index contributed by atoms with van der Waals surface area (Å²) in [6.45, 7) is 5.27. The van der Waals surface area contributed by atoms with Crippen LogP contribution in [0.25, 0.3) is 10.2 Å². The fourth-order valence-corrected chi connectivity index (χ4v) is 5.72. The highest BCUT2D eigenvalue weighted by atomic mass is 35.5. The van der Waals surface area contributed by atoms with Crippen molar-refractivity contribution < 1.29 is 60.8 Å². The van der Waals surface area contributed by atoms with Crippen LogP contribution in [0.3, 0.4) is 0 Å². The number of carboxylic acids is 2. The molecule has 6 N–H and O–H groups in total. The largest absolute Gasteiger partial charge is 0.506 e. The number of nitrogens with zero attached hydrogens (tertiary/aromatic N) is 1. The number of alkyl halides is 6. The molecule has 0 spiro atoms. The van der Waals surface area contributed by atoms with Crippen LogP contribution in [-0.4, -0.2) is 107 Å². The van der Waals surface area contributed by atoms with Gasteiger partial charge in [-0.15, -0.1) is 0 Å². The number of fused-ring (bicyclic) bond motifs is 1. The van der Waals surface area contributed by atoms with Crippen molar-refractivity contribution in [1.82, 2.24) is 20.5 Å². The van der Waals surface area contributed by atoms with Gasteiger partial charge in [-0.2, -0.15) is 26.3 Å². The van der Waals surface area contributed by atoms with E-state index < -0.39 is 24.3 Å². The van der Waals surface area contributed by atoms with Gasteiger partial charge in [0, 0.05) is 56.9 Å². The first-order valence-electron chi connectivity index (χ1n) is 15.4. The number of hydrogen-bond donors (Lipinski definition) is 6. The van der Waals surface area contributed by atoms with E-state index in [1.807, 2.05) is 30.3 Å². The molecule has 284 valence electrons. The van der Waals surface area contributed by atoms with E-state index in [4.69, 9.17) is 36.1 Å². The van der Waals surface area contributed by atoms with Gasteiger partial charge >= 0.3 is 29.2 Å². The normalized spacial score (nSPS) is 13.6. The van der Waals surface area contributed by atoms with Crippen molar-refractivity contribution in [2.24, 2.45) is 0 Å². The molecule has 2 aromatic carbocycles. The molecule has 0 atom stereocenters. The van der Waals surface area contributed by atoms with Crippen molar-refractivity contribution in [3.8, 4) is 5.75 Å². The Labute approximate surface area is 296 Å². The van der Waals surface area contributed by atoms with Gasteiger partial charge in [0.2, 0.25) is 5.91 Å². The zero-order chi connectivity index (χ0) is 38.2. The predicted molar refractivity (Wildman–Crippen MR) is 176 cm³/mol. The molecule has 0 bridgehead atoms. The Morgan fingerprint density at radius 3 is 2.06 bits per heavy atom. The molecule has 4 rings (SSSR count). The number of aliphatic carboxylic acids is 2. The second-order valence-electron chi connectivity index (χ2n) is 10.9. The number of nitrogens with one attached hydrogen (secondary N) is 3. The Kier molecular flexibility index (Phi) is 17.7. The summed E-state index contributed by atoms with van der Waals surface area (Å²) >= 11 is 7.07. The minimum Gasteiger partial charge on any atom is -0.506 e. The number of halogens is 7. The lowest BCUT2D eigenvalue weighted by Crippen LogP contribution is -2.44. The third-order valence-corrected chi connectivity index (χ3v) is 8.46. The number of phenols is 1. The first-order chi connectivity index (χ1) is 23.9. The number of H-pyrrole nitrogens is 1. The van der Waals surface area contributed by atoms with Crippen LogP contribution in [0.1, 0.15) is 30.4 Å². The van der Waals surface area contributed by atoms with Crippen LogP contribution in [0, 0.1) is 0 Å². The third kappa shape index (κ3) is 16.3. The Hall–Kier alpha value is -3.91. The Balaban J connectivity index is 0.000000543. The van der Waals surface area contributed by atoms with E-state index in [2.05, 4.69) is 20.5 Å². The van der Waals surface area contributed by atoms with Gasteiger partial charge in [0.25, 0.3) is 0 Å². The molecule has 20 heteroatoms. The predicted octanol–water partition coefficient (Wildman–Crippen LogP) is 4.58. The standard InChI is InChI=1S/C27H35ClN4O4S.2C2HF3O2/c28-21-4-1-19(2-5-21)7-13-30-24(34)9-15-32(22-10-17-36-18-11-22)16-14-29-12-8-20-3-6-23(33)25-26(20)37-27(35)31-25;2*3-2(4,5)1(6)7/h1-6,22,29,33H,7-18H2,(H,30,34)(H,31,35);2*(H,6,7). The quantitative estimate of drug-likeness (QED) is 0.106. The van der Waals surface area contributed by atoms with Gasteiger partial charge in [0.15, 0.2) is 0 Å². The summed E-state index contributed by atoms with van der Waals surface area (Å²) in [5, 5.41) is 31.5. The van der Waals surface area contributed by atoms with Crippen molar-refractivity contribution >= 4 is 51.0 Å². The lowest BCUT2D eigenvalue weighted by Gasteiger charge is -2.34. The molecular formula is C31H37ClF6N4O8S. The molecule has 0 aliphatic carbocycles. The minimum absolute atomic E-state index is 0.0702. The highest BCUT2D eigenvalue weighted by Gasteiger charge is 2.38. The van der Waals surface area contributed by atoms with E-state index >= 15 is 0 Å². The first kappa shape index (κ1) is 43.3. The number of carboxylic acid groups (broad SMARTS) is 2. The zero-order valence-electron chi connectivity index (χ0n) is 26.9. The summed E-state index contributed by atoms with van der Waals surface area (Å²) in [5.41, 5.74) is 2.71. The van der Waals surface area contributed by atoms with E-state index in [1.165, 1.54) is 0 Å². The number of rotatable bonds is 13. The number of carbonyl (C=O) groups is 3. The molecule has 0 saturated carbocycles. The first-order valence-corrected chi connectivity index (χ1v) is 16.6. The van der Waals surface area contributed by atoms with Crippen molar-refractivity contribution in [3.63, 3.8) is 0 Å². The van der Waals surface area contributed by atoms with Gasteiger partial charge < -0.3 is 35.7 Å². The van der Waals surface area contributed by atoms with Crippen LogP contribution in [-0.2, 0) is 32.0 Å². The number of ether oxygens (including phenoxy) is 1. The molecule has 2 heterocycles. The van der Waals surface area contributed by atoms with Crippen molar-refractivity contribution in [1.29, 1.82) is 0 Å². The molecule has 1 aliphatic rings. The van der Waals surface area contributed by atoms with E-state index in [0.717, 1.165) is 92.2 Å². The Morgan fingerprint density at radius 2 is 1.49 bits per heavy atom. The summed E-state index contributed by atoms with van der Waals surface area (Å²) in [6, 6.07) is 11.6. The fraction of sp³-hybridized carbons (Fsp3) is 0.484. The second kappa shape index (κ2) is 20.8. The number of thiazole rings is 1. The molecule has 12 nitrogen and oxygen atoms in total. The van der Waals surface area contributed by atoms with Gasteiger partial charge in [0.05, 0.1) is 4.70 Å². The lowest BCUT2D eigenvalue weighted by atomic mass is 10.1. The van der Waals surface area contributed by atoms with Crippen LogP contribution in [0.15, 0.2) is 41.2 Å². The summed E-state index contributed by atoms with van der Waals surface area (Å²) in [4.78, 5) is 47.0. The fourth-order valence-electron chi connectivity index (χ4n) is 4.70. The van der Waals surface area contributed by atoms with E-state index in [-0.39, 0.29) is 16.5 Å². The number of aromatic nitrogens is 1. The number of carbonyl (C=O) groups excluding carboxylic acids is 1. The molecule has 1 aliphatic heterocycles. The van der Waals surface area contributed by atoms with Gasteiger partial charge in [0.1, 0.15) is 11.3 Å². The number of aromatic amines is 1. The maximum Gasteiger partial charge on any atom is 0.490 e. The molecule has 0 unspecified atom stereocenters. The van der Waals surface area contributed by atoms with E-state index in [9.17, 15) is 41.0 Å². The summed E-state index contributed by atoms with van der Waals surface area (Å²) in [6.07, 6.45) is -6.19. The number of aromatic hydroxyl groups is 1. The molecule has 1 amide bonds. The van der Waals surface area contributed by atoms with Crippen LogP contribution < -0.4 is 15.5 Å². The van der Waals surface area contributed by atoms with Gasteiger partial charge in [-0.3, -0.25) is 14.5 Å². The second-order valence-corrected chi connectivity index (χ2v) is 12.3. The van der Waals surface area contributed by atoms with Gasteiger partial charge in [-0.25, -0.2) is 9.59 Å². The average Bonchev–Trinajstić information content (AvgIpc) is 3.47. The Morgan fingerprint density at radius 1 is 0.902 bits per heavy atom. The van der Waals surface area contributed by atoms with Crippen LogP contribution in [0.4, 0.5) is 26.3 Å². The van der Waals surface area contributed by atoms with Gasteiger partial charge in [-0.1, -0.05) is 41.1 Å². The van der Waals surface area contributed by atoms with Crippen molar-refractivity contribution in [3.05, 3.63) is 62.2 Å². The number of phenolic OH excluding ortho intramolecular Hbond substituents is 1. The molecule has 3 aromatic rings. The monoisotopic (exact) mass is 774 g/mol.